The first-order valence-corrected chi connectivity index (χ1v) is 7.12. The average Bonchev–Trinajstić information content (AvgIpc) is 2.34. The standard InChI is InChI=1S/C12H26.B2H4O3/c1-3-5-7-9-11-12-10-8-6-4-2;3-1-5-2-4/h3-12H2,1-2H3;1-4H. The van der Waals surface area contributed by atoms with E-state index in [4.69, 9.17) is 10.0 Å². The minimum Gasteiger partial charge on any atom is -0.457 e. The summed E-state index contributed by atoms with van der Waals surface area (Å²) in [5.41, 5.74) is 0. The molecule has 0 aromatic heterocycles. The lowest BCUT2D eigenvalue weighted by atomic mass is 10.1. The molecule has 0 aromatic rings. The molecule has 0 atom stereocenters. The molecule has 17 heavy (non-hydrogen) atoms. The summed E-state index contributed by atoms with van der Waals surface area (Å²) in [6.45, 7) is 4.56. The van der Waals surface area contributed by atoms with Crippen LogP contribution in [0.4, 0.5) is 0 Å². The van der Waals surface area contributed by atoms with Crippen LogP contribution in [0.1, 0.15) is 78.1 Å². The summed E-state index contributed by atoms with van der Waals surface area (Å²) in [7, 11) is -0.812. The van der Waals surface area contributed by atoms with E-state index in [2.05, 4.69) is 18.4 Å². The molecule has 0 amide bonds. The monoisotopic (exact) mass is 244 g/mol. The Labute approximate surface area is 109 Å². The normalized spacial score (nSPS) is 9.41. The predicted molar refractivity (Wildman–Crippen MR) is 77.3 cm³/mol. The van der Waals surface area contributed by atoms with E-state index < -0.39 is 15.4 Å². The molecule has 0 unspecified atom stereocenters. The van der Waals surface area contributed by atoms with E-state index in [9.17, 15) is 0 Å². The second-order valence-corrected chi connectivity index (χ2v) is 4.29. The minimum absolute atomic E-state index is 0.406. The summed E-state index contributed by atoms with van der Waals surface area (Å²) in [5, 5.41) is 15.4. The highest BCUT2D eigenvalue weighted by molar-refractivity contribution is 6.32. The fraction of sp³-hybridized carbons (Fsp3) is 1.00. The molecule has 3 nitrogen and oxygen atoms in total. The van der Waals surface area contributed by atoms with Crippen molar-refractivity contribution >= 4 is 15.4 Å². The number of rotatable bonds is 11. The molecule has 0 bridgehead atoms. The third-order valence-corrected chi connectivity index (χ3v) is 2.64. The third kappa shape index (κ3) is 25.9. The Balaban J connectivity index is 0. The van der Waals surface area contributed by atoms with Crippen LogP contribution in [0.3, 0.4) is 0 Å². The maximum Gasteiger partial charge on any atom is 0.421 e. The maximum atomic E-state index is 7.68. The molecule has 0 fully saturated rings. The number of hydrogen-bond donors (Lipinski definition) is 2. The van der Waals surface area contributed by atoms with E-state index in [1.165, 1.54) is 64.2 Å². The van der Waals surface area contributed by atoms with Crippen molar-refractivity contribution in [2.24, 2.45) is 0 Å². The van der Waals surface area contributed by atoms with Gasteiger partial charge in [-0.05, 0) is 0 Å². The van der Waals surface area contributed by atoms with Crippen LogP contribution >= 0.6 is 0 Å². The fourth-order valence-corrected chi connectivity index (χ4v) is 1.60. The number of hydrogen-bond acceptors (Lipinski definition) is 3. The summed E-state index contributed by atoms with van der Waals surface area (Å²) >= 11 is 0. The largest absolute Gasteiger partial charge is 0.457 e. The first-order valence-electron chi connectivity index (χ1n) is 7.12. The molecule has 0 radical (unpaired) electrons. The quantitative estimate of drug-likeness (QED) is 0.433. The first-order chi connectivity index (χ1) is 8.33. The van der Waals surface area contributed by atoms with Gasteiger partial charge < -0.3 is 14.6 Å². The van der Waals surface area contributed by atoms with E-state index in [1.807, 2.05) is 0 Å². The lowest BCUT2D eigenvalue weighted by Crippen LogP contribution is -2.00. The van der Waals surface area contributed by atoms with Crippen molar-refractivity contribution in [2.45, 2.75) is 78.1 Å². The second-order valence-electron chi connectivity index (χ2n) is 4.29. The Morgan fingerprint density at radius 3 is 1.12 bits per heavy atom. The van der Waals surface area contributed by atoms with Crippen LogP contribution < -0.4 is 0 Å². The van der Waals surface area contributed by atoms with Crippen LogP contribution in [0, 0.1) is 0 Å². The Morgan fingerprint density at radius 2 is 0.941 bits per heavy atom. The summed E-state index contributed by atoms with van der Waals surface area (Å²) in [6.07, 6.45) is 14.4. The first kappa shape index (κ1) is 19.4. The molecular weight excluding hydrogens is 214 g/mol. The van der Waals surface area contributed by atoms with Crippen LogP contribution in [0.2, 0.25) is 0 Å². The van der Waals surface area contributed by atoms with Crippen LogP contribution in [0.25, 0.3) is 0 Å². The molecule has 0 rings (SSSR count). The van der Waals surface area contributed by atoms with Crippen LogP contribution in [0.5, 0.6) is 0 Å². The van der Waals surface area contributed by atoms with Gasteiger partial charge in [0.25, 0.3) is 0 Å². The highest BCUT2D eigenvalue weighted by Gasteiger charge is 1.90. The van der Waals surface area contributed by atoms with E-state index in [0.717, 1.165) is 0 Å². The number of unbranched alkanes of at least 4 members (excludes halogenated alkanes) is 9. The van der Waals surface area contributed by atoms with Gasteiger partial charge in [-0.15, -0.1) is 0 Å². The van der Waals surface area contributed by atoms with Gasteiger partial charge in [0.05, 0.1) is 0 Å². The lowest BCUT2D eigenvalue weighted by molar-refractivity contribution is 0.408. The summed E-state index contributed by atoms with van der Waals surface area (Å²) < 4.78 is 3.94. The molecule has 0 aliphatic carbocycles. The van der Waals surface area contributed by atoms with E-state index in [1.54, 1.807) is 0 Å². The Kier molecular flexibility index (Phi) is 24.3. The molecule has 2 N–H and O–H groups in total. The fourth-order valence-electron chi connectivity index (χ4n) is 1.60. The van der Waals surface area contributed by atoms with Crippen molar-refractivity contribution in [1.82, 2.24) is 0 Å². The molecule has 0 aromatic carbocycles. The molecular formula is C12H30B2O3. The van der Waals surface area contributed by atoms with E-state index >= 15 is 0 Å². The molecule has 0 saturated carbocycles. The molecule has 0 heterocycles. The van der Waals surface area contributed by atoms with Gasteiger partial charge in [0.15, 0.2) is 0 Å². The van der Waals surface area contributed by atoms with Crippen molar-refractivity contribution < 1.29 is 14.6 Å². The van der Waals surface area contributed by atoms with Gasteiger partial charge >= 0.3 is 15.4 Å². The van der Waals surface area contributed by atoms with E-state index in [-0.39, 0.29) is 0 Å². The molecule has 0 saturated heterocycles. The second kappa shape index (κ2) is 21.3. The SMILES string of the molecule is CCCCCCCCCCCC.OBOBO. The Bertz CT molecular complexity index is 104. The van der Waals surface area contributed by atoms with Gasteiger partial charge in [-0.2, -0.15) is 0 Å². The molecule has 0 spiro atoms. The Morgan fingerprint density at radius 1 is 0.647 bits per heavy atom. The van der Waals surface area contributed by atoms with Crippen LogP contribution in [-0.2, 0) is 4.57 Å². The third-order valence-electron chi connectivity index (χ3n) is 2.64. The van der Waals surface area contributed by atoms with E-state index in [0.29, 0.717) is 0 Å². The van der Waals surface area contributed by atoms with Crippen molar-refractivity contribution in [3.05, 3.63) is 0 Å². The minimum atomic E-state index is -0.406. The molecule has 0 aliphatic rings. The smallest absolute Gasteiger partial charge is 0.421 e. The molecule has 0 aliphatic heterocycles. The van der Waals surface area contributed by atoms with Crippen LogP contribution in [-0.4, -0.2) is 25.4 Å². The summed E-state index contributed by atoms with van der Waals surface area (Å²) in [4.78, 5) is 0. The van der Waals surface area contributed by atoms with Gasteiger partial charge in [0.2, 0.25) is 0 Å². The zero-order valence-electron chi connectivity index (χ0n) is 11.8. The van der Waals surface area contributed by atoms with Gasteiger partial charge in [-0.1, -0.05) is 78.1 Å². The average molecular weight is 244 g/mol. The van der Waals surface area contributed by atoms with Crippen molar-refractivity contribution in [2.75, 3.05) is 0 Å². The van der Waals surface area contributed by atoms with Gasteiger partial charge in [0.1, 0.15) is 0 Å². The van der Waals surface area contributed by atoms with Gasteiger partial charge in [0, 0.05) is 0 Å². The summed E-state index contributed by atoms with van der Waals surface area (Å²) in [6, 6.07) is 0. The van der Waals surface area contributed by atoms with Crippen molar-refractivity contribution in [3.8, 4) is 0 Å². The highest BCUT2D eigenvalue weighted by atomic mass is 16.5. The zero-order valence-corrected chi connectivity index (χ0v) is 11.8. The maximum absolute atomic E-state index is 7.68. The molecule has 5 heteroatoms. The summed E-state index contributed by atoms with van der Waals surface area (Å²) in [5.74, 6) is 0. The lowest BCUT2D eigenvalue weighted by Gasteiger charge is -1.99. The zero-order chi connectivity index (χ0) is 13.2. The predicted octanol–water partition coefficient (Wildman–Crippen LogP) is 2.45. The van der Waals surface area contributed by atoms with Crippen molar-refractivity contribution in [1.29, 1.82) is 0 Å². The van der Waals surface area contributed by atoms with Gasteiger partial charge in [-0.25, -0.2) is 0 Å². The highest BCUT2D eigenvalue weighted by Crippen LogP contribution is 2.09. The topological polar surface area (TPSA) is 49.7 Å². The Hall–Kier alpha value is 0.00987. The molecule has 102 valence electrons. The van der Waals surface area contributed by atoms with Gasteiger partial charge in [-0.3, -0.25) is 0 Å². The van der Waals surface area contributed by atoms with Crippen LogP contribution in [0.15, 0.2) is 0 Å². The van der Waals surface area contributed by atoms with Crippen molar-refractivity contribution in [3.63, 3.8) is 0 Å².